The van der Waals surface area contributed by atoms with Gasteiger partial charge >= 0.3 is 0 Å². The number of carbonyl (C=O) groups is 1. The van der Waals surface area contributed by atoms with E-state index >= 15 is 0 Å². The van der Waals surface area contributed by atoms with Crippen molar-refractivity contribution in [3.05, 3.63) is 35.9 Å². The second kappa shape index (κ2) is 3.95. The summed E-state index contributed by atoms with van der Waals surface area (Å²) >= 11 is 4.81. The molecule has 1 N–H and O–H groups in total. The maximum Gasteiger partial charge on any atom is 0.276 e. The van der Waals surface area contributed by atoms with Crippen LogP contribution in [0.25, 0.3) is 0 Å². The molecule has 0 spiro atoms. The largest absolute Gasteiger partial charge is 0.276 e. The van der Waals surface area contributed by atoms with E-state index in [1.165, 1.54) is 0 Å². The van der Waals surface area contributed by atoms with Crippen LogP contribution in [0.2, 0.25) is 0 Å². The molecule has 11 heavy (non-hydrogen) atoms. The number of halogens is 1. The molecule has 0 unspecified atom stereocenters. The van der Waals surface area contributed by atoms with Crippen molar-refractivity contribution in [2.24, 2.45) is 0 Å². The van der Waals surface area contributed by atoms with Gasteiger partial charge in [-0.25, -0.2) is 5.48 Å². The van der Waals surface area contributed by atoms with Gasteiger partial charge in [-0.05, 0) is 12.1 Å². The van der Waals surface area contributed by atoms with Crippen LogP contribution < -0.4 is 5.48 Å². The first kappa shape index (κ1) is 8.04. The van der Waals surface area contributed by atoms with Crippen LogP contribution in [0.5, 0.6) is 0 Å². The Morgan fingerprint density at radius 3 is 2.55 bits per heavy atom. The minimum absolute atomic E-state index is 0.361. The molecule has 4 heteroatoms. The van der Waals surface area contributed by atoms with Crippen molar-refractivity contribution < 1.29 is 9.18 Å². The van der Waals surface area contributed by atoms with Gasteiger partial charge in [0.15, 0.2) is 0 Å². The van der Waals surface area contributed by atoms with E-state index in [1.807, 2.05) is 11.5 Å². The highest BCUT2D eigenvalue weighted by atomic mass is 35.5. The van der Waals surface area contributed by atoms with Gasteiger partial charge in [-0.15, -0.1) is 0 Å². The Hall–Kier alpha value is -1.06. The van der Waals surface area contributed by atoms with Gasteiger partial charge in [-0.2, -0.15) is 4.39 Å². The van der Waals surface area contributed by atoms with Gasteiger partial charge in [-0.1, -0.05) is 18.2 Å². The Balaban J connectivity index is 2.69. The van der Waals surface area contributed by atoms with Crippen molar-refractivity contribution in [2.45, 2.75) is 0 Å². The molecule has 0 aliphatic carbocycles. The van der Waals surface area contributed by atoms with E-state index in [0.29, 0.717) is 5.56 Å². The van der Waals surface area contributed by atoms with Crippen LogP contribution in [0.15, 0.2) is 30.3 Å². The molecule has 3 nitrogen and oxygen atoms in total. The molecule has 1 amide bonds. The summed E-state index contributed by atoms with van der Waals surface area (Å²) in [5, 5.41) is 0. The number of carbonyl (C=O) groups excluding carboxylic acids is 1. The number of nitrogens with one attached hydrogen (secondary N) is 1. The van der Waals surface area contributed by atoms with E-state index in [0.717, 1.165) is 0 Å². The summed E-state index contributed by atoms with van der Waals surface area (Å²) < 4.78 is 3.93. The van der Waals surface area contributed by atoms with Crippen molar-refractivity contribution in [1.82, 2.24) is 5.48 Å². The fourth-order valence-electron chi connectivity index (χ4n) is 0.683. The number of hydroxylamine groups is 1. The molecule has 0 bridgehead atoms. The first-order valence-electron chi connectivity index (χ1n) is 2.97. The molecule has 0 heterocycles. The standard InChI is InChI=1S/C7H6ClNO2/c8-11-9-7(10)6-4-2-1-3-5-6/h1-5H,(H,9,10). The van der Waals surface area contributed by atoms with Crippen LogP contribution in [-0.2, 0) is 4.39 Å². The van der Waals surface area contributed by atoms with Crippen LogP contribution in [-0.4, -0.2) is 5.91 Å². The van der Waals surface area contributed by atoms with Crippen molar-refractivity contribution in [3.8, 4) is 0 Å². The van der Waals surface area contributed by atoms with Crippen LogP contribution in [0, 0.1) is 0 Å². The molecular weight excluding hydrogens is 166 g/mol. The first-order chi connectivity index (χ1) is 5.34. The number of hydrogen-bond acceptors (Lipinski definition) is 2. The summed E-state index contributed by atoms with van der Waals surface area (Å²) in [4.78, 5) is 10.9. The third-order valence-electron chi connectivity index (χ3n) is 1.17. The van der Waals surface area contributed by atoms with Gasteiger partial charge in [0.25, 0.3) is 5.91 Å². The van der Waals surface area contributed by atoms with Crippen molar-refractivity contribution in [3.63, 3.8) is 0 Å². The van der Waals surface area contributed by atoms with Crippen LogP contribution in [0.1, 0.15) is 10.4 Å². The highest BCUT2D eigenvalue weighted by Gasteiger charge is 2.01. The summed E-state index contributed by atoms with van der Waals surface area (Å²) in [5.41, 5.74) is 2.50. The smallest absolute Gasteiger partial charge is 0.267 e. The lowest BCUT2D eigenvalue weighted by atomic mass is 10.2. The molecule has 0 atom stereocenters. The molecule has 0 aliphatic heterocycles. The highest BCUT2D eigenvalue weighted by molar-refractivity contribution is 6.08. The monoisotopic (exact) mass is 171 g/mol. The fraction of sp³-hybridized carbons (Fsp3) is 0. The molecule has 0 fully saturated rings. The topological polar surface area (TPSA) is 38.3 Å². The average molecular weight is 172 g/mol. The Morgan fingerprint density at radius 2 is 2.00 bits per heavy atom. The molecule has 1 aromatic carbocycles. The maximum absolute atomic E-state index is 10.9. The maximum atomic E-state index is 10.9. The molecular formula is C7H6ClNO2. The highest BCUT2D eigenvalue weighted by Crippen LogP contribution is 1.97. The number of rotatable bonds is 2. The van der Waals surface area contributed by atoms with Crippen molar-refractivity contribution in [1.29, 1.82) is 0 Å². The van der Waals surface area contributed by atoms with Gasteiger partial charge < -0.3 is 0 Å². The van der Waals surface area contributed by atoms with Crippen molar-refractivity contribution >= 4 is 17.8 Å². The summed E-state index contributed by atoms with van der Waals surface area (Å²) in [6.07, 6.45) is 0. The summed E-state index contributed by atoms with van der Waals surface area (Å²) in [6.45, 7) is 0. The Morgan fingerprint density at radius 1 is 1.36 bits per heavy atom. The van der Waals surface area contributed by atoms with Gasteiger partial charge in [0, 0.05) is 5.56 Å². The molecule has 0 aromatic heterocycles. The SMILES string of the molecule is O=C(NOCl)c1ccccc1. The Labute approximate surface area is 69.1 Å². The van der Waals surface area contributed by atoms with Gasteiger partial charge in [-0.3, -0.25) is 4.79 Å². The first-order valence-corrected chi connectivity index (χ1v) is 3.28. The van der Waals surface area contributed by atoms with Crippen molar-refractivity contribution in [2.75, 3.05) is 0 Å². The van der Waals surface area contributed by atoms with Crippen LogP contribution in [0.4, 0.5) is 0 Å². The minimum Gasteiger partial charge on any atom is -0.267 e. The number of amides is 1. The molecule has 0 radical (unpaired) electrons. The van der Waals surface area contributed by atoms with Gasteiger partial charge in [0.05, 0.1) is 11.9 Å². The fourth-order valence-corrected chi connectivity index (χ4v) is 0.754. The summed E-state index contributed by atoms with van der Waals surface area (Å²) in [5.74, 6) is -0.361. The zero-order valence-electron chi connectivity index (χ0n) is 5.58. The van der Waals surface area contributed by atoms with E-state index in [-0.39, 0.29) is 5.91 Å². The van der Waals surface area contributed by atoms with E-state index < -0.39 is 0 Å². The molecule has 0 saturated carbocycles. The van der Waals surface area contributed by atoms with E-state index in [1.54, 1.807) is 24.3 Å². The van der Waals surface area contributed by atoms with Crippen LogP contribution >= 0.6 is 11.9 Å². The summed E-state index contributed by atoms with van der Waals surface area (Å²) in [7, 11) is 0. The number of hydrogen-bond donors (Lipinski definition) is 1. The zero-order chi connectivity index (χ0) is 8.10. The normalized spacial score (nSPS) is 9.18. The summed E-state index contributed by atoms with van der Waals surface area (Å²) in [6, 6.07) is 8.64. The molecule has 58 valence electrons. The molecule has 1 rings (SSSR count). The molecule has 1 aromatic rings. The number of benzene rings is 1. The van der Waals surface area contributed by atoms with E-state index in [2.05, 4.69) is 4.39 Å². The quantitative estimate of drug-likeness (QED) is 0.685. The Kier molecular flexibility index (Phi) is 2.89. The van der Waals surface area contributed by atoms with Gasteiger partial charge in [0.1, 0.15) is 0 Å². The third kappa shape index (κ3) is 2.22. The lowest BCUT2D eigenvalue weighted by Crippen LogP contribution is -2.19. The second-order valence-corrected chi connectivity index (χ2v) is 2.03. The predicted molar refractivity (Wildman–Crippen MR) is 40.8 cm³/mol. The Bertz CT molecular complexity index is 237. The zero-order valence-corrected chi connectivity index (χ0v) is 6.34. The predicted octanol–water partition coefficient (Wildman–Crippen LogP) is 1.50. The molecule has 0 aliphatic rings. The lowest BCUT2D eigenvalue weighted by Gasteiger charge is -1.97. The molecule has 0 saturated heterocycles. The minimum atomic E-state index is -0.361. The van der Waals surface area contributed by atoms with E-state index in [9.17, 15) is 4.79 Å². The van der Waals surface area contributed by atoms with Crippen LogP contribution in [0.3, 0.4) is 0 Å². The average Bonchev–Trinajstić information content (AvgIpc) is 2.07. The van der Waals surface area contributed by atoms with E-state index in [4.69, 9.17) is 11.9 Å². The second-order valence-electron chi connectivity index (χ2n) is 1.87. The van der Waals surface area contributed by atoms with Gasteiger partial charge in [0.2, 0.25) is 0 Å². The lowest BCUT2D eigenvalue weighted by molar-refractivity contribution is 0.0780. The third-order valence-corrected chi connectivity index (χ3v) is 1.24.